The van der Waals surface area contributed by atoms with Gasteiger partial charge in [0.25, 0.3) is 0 Å². The average Bonchev–Trinajstić information content (AvgIpc) is 1.63. The molecule has 0 rings (SSSR count). The van der Waals surface area contributed by atoms with Crippen molar-refractivity contribution in [1.82, 2.24) is 0 Å². The van der Waals surface area contributed by atoms with Crippen molar-refractivity contribution in [3.63, 3.8) is 0 Å². The zero-order valence-corrected chi connectivity index (χ0v) is 5.26. The van der Waals surface area contributed by atoms with E-state index in [4.69, 9.17) is 5.26 Å². The molecule has 3 nitrogen and oxygen atoms in total. The number of ether oxygens (including phenoxy) is 1. The van der Waals surface area contributed by atoms with Gasteiger partial charge in [-0.1, -0.05) is 0 Å². The van der Waals surface area contributed by atoms with Crippen molar-refractivity contribution in [3.05, 3.63) is 6.92 Å². The minimum Gasteiger partial charge on any atom is -0.462 e. The van der Waals surface area contributed by atoms with Crippen LogP contribution in [0.3, 0.4) is 0 Å². The summed E-state index contributed by atoms with van der Waals surface area (Å²) in [6.07, 6.45) is -0.564. The third-order valence-corrected chi connectivity index (χ3v) is 0.556. The molecule has 0 bridgehead atoms. The monoisotopic (exact) mass is 126 g/mol. The maximum atomic E-state index is 10.4. The average molecular weight is 126 g/mol. The number of hydrogen-bond donors (Lipinski definition) is 0. The molecule has 0 N–H and O–H groups in total. The molecule has 0 saturated carbocycles. The molecule has 0 aliphatic heterocycles. The summed E-state index contributed by atoms with van der Waals surface area (Å²) < 4.78 is 4.52. The molecule has 0 fully saturated rings. The first-order chi connectivity index (χ1) is 4.16. The zero-order valence-electron chi connectivity index (χ0n) is 5.26. The molecule has 9 heavy (non-hydrogen) atoms. The van der Waals surface area contributed by atoms with Crippen LogP contribution in [0.25, 0.3) is 0 Å². The van der Waals surface area contributed by atoms with Gasteiger partial charge in [0.05, 0.1) is 12.2 Å². The fraction of sp³-hybridized carbons (Fsp3) is 0.500. The Morgan fingerprint density at radius 1 is 2.00 bits per heavy atom. The lowest BCUT2D eigenvalue weighted by atomic mass is 10.4. The number of rotatable bonds is 2. The molecule has 0 amide bonds. The summed E-state index contributed by atoms with van der Waals surface area (Å²) in [5.41, 5.74) is 0. The number of carbonyl (C=O) groups excluding carboxylic acids is 1. The number of esters is 1. The lowest BCUT2D eigenvalue weighted by molar-refractivity contribution is -0.145. The van der Waals surface area contributed by atoms with E-state index in [0.717, 1.165) is 0 Å². The van der Waals surface area contributed by atoms with Gasteiger partial charge in [-0.3, -0.25) is 4.79 Å². The van der Waals surface area contributed by atoms with E-state index in [9.17, 15) is 4.79 Å². The predicted octanol–water partition coefficient (Wildman–Crippen LogP) is 0.666. The summed E-state index contributed by atoms with van der Waals surface area (Å²) >= 11 is 0. The maximum absolute atomic E-state index is 10.4. The van der Waals surface area contributed by atoms with Gasteiger partial charge in [-0.15, -0.1) is 0 Å². The highest BCUT2D eigenvalue weighted by Gasteiger charge is 2.02. The van der Waals surface area contributed by atoms with Crippen LogP contribution in [0.15, 0.2) is 0 Å². The highest BCUT2D eigenvalue weighted by atomic mass is 16.5. The van der Waals surface area contributed by atoms with Gasteiger partial charge in [-0.2, -0.15) is 5.26 Å². The van der Waals surface area contributed by atoms with Gasteiger partial charge in [0.2, 0.25) is 0 Å². The molecule has 0 saturated heterocycles. The normalized spacial score (nSPS) is 8.67. The van der Waals surface area contributed by atoms with Gasteiger partial charge in [-0.25, -0.2) is 0 Å². The third-order valence-electron chi connectivity index (χ3n) is 0.556. The molecular formula is C6H8NO2. The number of nitrogens with zero attached hydrogens (tertiary/aromatic N) is 1. The third kappa shape index (κ3) is 4.82. The van der Waals surface area contributed by atoms with Crippen LogP contribution in [0.4, 0.5) is 0 Å². The van der Waals surface area contributed by atoms with Gasteiger partial charge < -0.3 is 4.74 Å². The summed E-state index contributed by atoms with van der Waals surface area (Å²) in [5, 5.41) is 7.98. The molecule has 0 heterocycles. The molecule has 49 valence electrons. The second-order valence-electron chi connectivity index (χ2n) is 1.64. The number of hydrogen-bond acceptors (Lipinski definition) is 3. The molecule has 0 spiro atoms. The molecule has 1 atom stereocenters. The Kier molecular flexibility index (Phi) is 3.45. The minimum absolute atomic E-state index is 0.195. The molecule has 0 aliphatic rings. The zero-order chi connectivity index (χ0) is 7.28. The van der Waals surface area contributed by atoms with E-state index in [1.807, 2.05) is 0 Å². The van der Waals surface area contributed by atoms with Crippen molar-refractivity contribution in [2.24, 2.45) is 0 Å². The van der Waals surface area contributed by atoms with E-state index in [2.05, 4.69) is 11.7 Å². The molecule has 0 aromatic heterocycles. The minimum atomic E-state index is -0.514. The van der Waals surface area contributed by atoms with Crippen LogP contribution >= 0.6 is 0 Å². The van der Waals surface area contributed by atoms with Crippen molar-refractivity contribution in [3.8, 4) is 6.07 Å². The Morgan fingerprint density at radius 3 is 2.89 bits per heavy atom. The topological polar surface area (TPSA) is 50.1 Å². The lowest BCUT2D eigenvalue weighted by Gasteiger charge is -2.03. The molecular weight excluding hydrogens is 118 g/mol. The fourth-order valence-electron chi connectivity index (χ4n) is 0.331. The molecule has 0 aromatic rings. The van der Waals surface area contributed by atoms with E-state index in [-0.39, 0.29) is 12.5 Å². The summed E-state index contributed by atoms with van der Waals surface area (Å²) in [6, 6.07) is 1.67. The van der Waals surface area contributed by atoms with Crippen molar-refractivity contribution >= 4 is 5.97 Å². The van der Waals surface area contributed by atoms with Gasteiger partial charge >= 0.3 is 5.97 Å². The van der Waals surface area contributed by atoms with Crippen LogP contribution in [-0.2, 0) is 9.53 Å². The van der Waals surface area contributed by atoms with Gasteiger partial charge in [0.1, 0.15) is 6.42 Å². The molecule has 0 aliphatic carbocycles. The van der Waals surface area contributed by atoms with Crippen LogP contribution in [0.5, 0.6) is 0 Å². The van der Waals surface area contributed by atoms with Crippen molar-refractivity contribution in [1.29, 1.82) is 5.26 Å². The Bertz CT molecular complexity index is 134. The van der Waals surface area contributed by atoms with Crippen LogP contribution in [0, 0.1) is 18.3 Å². The maximum Gasteiger partial charge on any atom is 0.320 e. The van der Waals surface area contributed by atoms with E-state index >= 15 is 0 Å². The Morgan fingerprint density at radius 2 is 2.56 bits per heavy atom. The standard InChI is InChI=1S/C6H8NO2/c1-5(2)9-6(8)3-4-7/h5H,1,3H2,2H3. The van der Waals surface area contributed by atoms with Crippen LogP contribution < -0.4 is 0 Å². The predicted molar refractivity (Wildman–Crippen MR) is 31.1 cm³/mol. The first-order valence-electron chi connectivity index (χ1n) is 2.56. The van der Waals surface area contributed by atoms with Crippen molar-refractivity contribution < 1.29 is 9.53 Å². The van der Waals surface area contributed by atoms with Crippen LogP contribution in [0.1, 0.15) is 13.3 Å². The van der Waals surface area contributed by atoms with Crippen molar-refractivity contribution in [2.75, 3.05) is 0 Å². The SMILES string of the molecule is [CH2]C(C)OC(=O)CC#N. The van der Waals surface area contributed by atoms with Gasteiger partial charge in [0.15, 0.2) is 0 Å². The fourth-order valence-corrected chi connectivity index (χ4v) is 0.331. The van der Waals surface area contributed by atoms with E-state index in [1.54, 1.807) is 13.0 Å². The van der Waals surface area contributed by atoms with Gasteiger partial charge in [-0.05, 0) is 13.8 Å². The van der Waals surface area contributed by atoms with Gasteiger partial charge in [0, 0.05) is 0 Å². The summed E-state index contributed by atoms with van der Waals surface area (Å²) in [4.78, 5) is 10.4. The van der Waals surface area contributed by atoms with Crippen LogP contribution in [-0.4, -0.2) is 12.1 Å². The smallest absolute Gasteiger partial charge is 0.320 e. The van der Waals surface area contributed by atoms with E-state index in [0.29, 0.717) is 0 Å². The number of carbonyl (C=O) groups is 1. The number of nitriles is 1. The first-order valence-corrected chi connectivity index (χ1v) is 2.56. The highest BCUT2D eigenvalue weighted by Crippen LogP contribution is 1.90. The molecule has 1 radical (unpaired) electrons. The summed E-state index contributed by atoms with van der Waals surface area (Å²) in [7, 11) is 0. The molecule has 1 unspecified atom stereocenters. The summed E-state index contributed by atoms with van der Waals surface area (Å²) in [6.45, 7) is 5.04. The molecule has 3 heteroatoms. The van der Waals surface area contributed by atoms with Crippen LogP contribution in [0.2, 0.25) is 0 Å². The molecule has 0 aromatic carbocycles. The van der Waals surface area contributed by atoms with E-state index < -0.39 is 5.97 Å². The Hall–Kier alpha value is -1.04. The Balaban J connectivity index is 3.42. The second-order valence-corrected chi connectivity index (χ2v) is 1.64. The first kappa shape index (κ1) is 7.96. The highest BCUT2D eigenvalue weighted by molar-refractivity contribution is 5.71. The van der Waals surface area contributed by atoms with E-state index in [1.165, 1.54) is 0 Å². The largest absolute Gasteiger partial charge is 0.462 e. The lowest BCUT2D eigenvalue weighted by Crippen LogP contribution is -2.10. The quantitative estimate of drug-likeness (QED) is 0.511. The second kappa shape index (κ2) is 3.90. The Labute approximate surface area is 54.2 Å². The van der Waals surface area contributed by atoms with Crippen molar-refractivity contribution in [2.45, 2.75) is 19.4 Å². The summed E-state index contributed by atoms with van der Waals surface area (Å²) in [5.74, 6) is -0.514.